The fourth-order valence-corrected chi connectivity index (χ4v) is 5.23. The topological polar surface area (TPSA) is 98.8 Å². The molecule has 2 aromatic heterocycles. The number of hydrazine groups is 1. The van der Waals surface area contributed by atoms with Crippen LogP contribution in [0.15, 0.2) is 36.5 Å². The van der Waals surface area contributed by atoms with E-state index in [1.165, 1.54) is 25.7 Å². The molecule has 0 radical (unpaired) electrons. The summed E-state index contributed by atoms with van der Waals surface area (Å²) in [5, 5.41) is 8.51. The average Bonchev–Trinajstić information content (AvgIpc) is 3.31. The van der Waals surface area contributed by atoms with Crippen LogP contribution in [-0.2, 0) is 4.79 Å². The first kappa shape index (κ1) is 22.8. The third-order valence-corrected chi connectivity index (χ3v) is 7.23. The number of carbonyl (C=O) groups is 1. The second-order valence-corrected chi connectivity index (χ2v) is 9.40. The number of rotatable bonds is 7. The van der Waals surface area contributed by atoms with Gasteiger partial charge >= 0.3 is 0 Å². The Bertz CT molecular complexity index is 936. The summed E-state index contributed by atoms with van der Waals surface area (Å²) in [6, 6.07) is 10.5. The van der Waals surface area contributed by atoms with Crippen molar-refractivity contribution in [2.75, 3.05) is 56.2 Å². The number of hydrogen-bond donors (Lipinski definition) is 2. The Morgan fingerprint density at radius 1 is 1.03 bits per heavy atom. The zero-order valence-corrected chi connectivity index (χ0v) is 19.8. The van der Waals surface area contributed by atoms with Crippen molar-refractivity contribution in [1.29, 1.82) is 0 Å². The molecule has 3 aliphatic rings. The molecule has 0 aromatic carbocycles. The fraction of sp³-hybridized carbons (Fsp3) is 0.583. The molecule has 3 unspecified atom stereocenters. The van der Waals surface area contributed by atoms with Crippen molar-refractivity contribution < 1.29 is 9.53 Å². The molecule has 10 nitrogen and oxygen atoms in total. The summed E-state index contributed by atoms with van der Waals surface area (Å²) in [6.07, 6.45) is 6.81. The molecule has 3 atom stereocenters. The molecular weight excluding hydrogens is 432 g/mol. The van der Waals surface area contributed by atoms with Crippen LogP contribution in [0, 0.1) is 5.92 Å². The second kappa shape index (κ2) is 10.5. The van der Waals surface area contributed by atoms with E-state index in [4.69, 9.17) is 4.74 Å². The maximum absolute atomic E-state index is 12.6. The monoisotopic (exact) mass is 466 g/mol. The van der Waals surface area contributed by atoms with Crippen LogP contribution in [-0.4, -0.2) is 84.5 Å². The number of ether oxygens (including phenoxy) is 1. The van der Waals surface area contributed by atoms with Crippen LogP contribution in [0.3, 0.4) is 0 Å². The van der Waals surface area contributed by atoms with E-state index in [1.54, 1.807) is 11.0 Å². The van der Waals surface area contributed by atoms with E-state index >= 15 is 0 Å². The van der Waals surface area contributed by atoms with E-state index in [2.05, 4.69) is 35.8 Å². The van der Waals surface area contributed by atoms with Crippen LogP contribution in [0.1, 0.15) is 25.7 Å². The molecule has 2 saturated heterocycles. The van der Waals surface area contributed by atoms with Crippen LogP contribution in [0.25, 0.3) is 0 Å². The summed E-state index contributed by atoms with van der Waals surface area (Å²) < 4.78 is 5.64. The lowest BCUT2D eigenvalue weighted by Crippen LogP contribution is -2.47. The highest BCUT2D eigenvalue weighted by Crippen LogP contribution is 2.30. The van der Waals surface area contributed by atoms with Gasteiger partial charge in [0.2, 0.25) is 5.88 Å². The van der Waals surface area contributed by atoms with Crippen molar-refractivity contribution in [3.8, 4) is 5.88 Å². The molecule has 5 rings (SSSR count). The Balaban J connectivity index is 1.06. The summed E-state index contributed by atoms with van der Waals surface area (Å²) in [4.78, 5) is 23.3. The lowest BCUT2D eigenvalue weighted by Gasteiger charge is -2.35. The van der Waals surface area contributed by atoms with Gasteiger partial charge in [-0.25, -0.2) is 4.98 Å². The predicted molar refractivity (Wildman–Crippen MR) is 130 cm³/mol. The van der Waals surface area contributed by atoms with Gasteiger partial charge in [0.1, 0.15) is 5.82 Å². The summed E-state index contributed by atoms with van der Waals surface area (Å²) >= 11 is 0. The largest absolute Gasteiger partial charge is 0.466 e. The quantitative estimate of drug-likeness (QED) is 0.621. The van der Waals surface area contributed by atoms with Gasteiger partial charge in [-0.2, -0.15) is 0 Å². The van der Waals surface area contributed by atoms with Gasteiger partial charge in [-0.05, 0) is 37.0 Å². The summed E-state index contributed by atoms with van der Waals surface area (Å²) in [7, 11) is 1.84. The smallest absolute Gasteiger partial charge is 0.260 e. The zero-order chi connectivity index (χ0) is 23.3. The van der Waals surface area contributed by atoms with Crippen molar-refractivity contribution in [3.05, 3.63) is 36.5 Å². The molecule has 1 amide bonds. The van der Waals surface area contributed by atoms with Gasteiger partial charge in [-0.15, -0.1) is 10.2 Å². The molecule has 0 bridgehead atoms. The minimum absolute atomic E-state index is 0.0402. The van der Waals surface area contributed by atoms with E-state index in [9.17, 15) is 4.79 Å². The maximum Gasteiger partial charge on any atom is 0.260 e. The Morgan fingerprint density at radius 3 is 2.56 bits per heavy atom. The van der Waals surface area contributed by atoms with Crippen LogP contribution >= 0.6 is 0 Å². The van der Waals surface area contributed by atoms with E-state index in [1.807, 2.05) is 37.5 Å². The van der Waals surface area contributed by atoms with Gasteiger partial charge in [0.05, 0.1) is 0 Å². The van der Waals surface area contributed by atoms with Gasteiger partial charge in [-0.1, -0.05) is 18.9 Å². The Kier molecular flexibility index (Phi) is 7.05. The van der Waals surface area contributed by atoms with Crippen molar-refractivity contribution in [3.63, 3.8) is 0 Å². The second-order valence-electron chi connectivity index (χ2n) is 9.40. The van der Waals surface area contributed by atoms with Crippen molar-refractivity contribution >= 4 is 17.5 Å². The lowest BCUT2D eigenvalue weighted by molar-refractivity contribution is -0.132. The Morgan fingerprint density at radius 2 is 1.82 bits per heavy atom. The molecule has 2 N–H and O–H groups in total. The van der Waals surface area contributed by atoms with Crippen molar-refractivity contribution in [1.82, 2.24) is 30.9 Å². The molecule has 1 aliphatic carbocycles. The SMILES string of the molecule is CN(CC1NNC2CCCCC21)C(=O)COc1ccc(N2CCN(c3ccccn3)CC2)nn1. The van der Waals surface area contributed by atoms with Gasteiger partial charge in [0.25, 0.3) is 5.91 Å². The number of hydrogen-bond acceptors (Lipinski definition) is 9. The third-order valence-electron chi connectivity index (χ3n) is 7.23. The molecule has 2 aliphatic heterocycles. The highest BCUT2D eigenvalue weighted by molar-refractivity contribution is 5.77. The molecule has 0 spiro atoms. The minimum Gasteiger partial charge on any atom is -0.466 e. The number of fused-ring (bicyclic) bond motifs is 1. The number of pyridine rings is 1. The van der Waals surface area contributed by atoms with E-state index in [-0.39, 0.29) is 18.6 Å². The van der Waals surface area contributed by atoms with Crippen LogP contribution in [0.4, 0.5) is 11.6 Å². The molecule has 10 heteroatoms. The minimum atomic E-state index is -0.0578. The highest BCUT2D eigenvalue weighted by Gasteiger charge is 2.38. The van der Waals surface area contributed by atoms with Crippen LogP contribution in [0.2, 0.25) is 0 Å². The Labute approximate surface area is 200 Å². The number of aromatic nitrogens is 3. The number of nitrogens with zero attached hydrogens (tertiary/aromatic N) is 6. The van der Waals surface area contributed by atoms with E-state index in [0.29, 0.717) is 24.4 Å². The molecule has 3 fully saturated rings. The first-order valence-corrected chi connectivity index (χ1v) is 12.3. The number of amides is 1. The number of carbonyl (C=O) groups excluding carboxylic acids is 1. The van der Waals surface area contributed by atoms with E-state index in [0.717, 1.165) is 37.8 Å². The first-order chi connectivity index (χ1) is 16.7. The van der Waals surface area contributed by atoms with Gasteiger partial charge < -0.3 is 19.4 Å². The predicted octanol–water partition coefficient (Wildman–Crippen LogP) is 1.07. The van der Waals surface area contributed by atoms with E-state index < -0.39 is 0 Å². The fourth-order valence-electron chi connectivity index (χ4n) is 5.23. The molecule has 2 aromatic rings. The number of anilines is 2. The van der Waals surface area contributed by atoms with Crippen LogP contribution in [0.5, 0.6) is 5.88 Å². The van der Waals surface area contributed by atoms with Gasteiger partial charge in [-0.3, -0.25) is 15.6 Å². The summed E-state index contributed by atoms with van der Waals surface area (Å²) in [6.45, 7) is 4.09. The van der Waals surface area contributed by atoms with Crippen molar-refractivity contribution in [2.45, 2.75) is 37.8 Å². The summed E-state index contributed by atoms with van der Waals surface area (Å²) in [5.41, 5.74) is 6.80. The van der Waals surface area contributed by atoms with Gasteiger partial charge in [0.15, 0.2) is 12.4 Å². The molecular formula is C24H34N8O2. The third kappa shape index (κ3) is 5.23. The molecule has 1 saturated carbocycles. The molecule has 4 heterocycles. The lowest BCUT2D eigenvalue weighted by atomic mass is 9.81. The molecule has 182 valence electrons. The van der Waals surface area contributed by atoms with Gasteiger partial charge in [0, 0.05) is 64.1 Å². The van der Waals surface area contributed by atoms with Crippen molar-refractivity contribution in [2.24, 2.45) is 5.92 Å². The molecule has 34 heavy (non-hydrogen) atoms. The van der Waals surface area contributed by atoms with Crippen LogP contribution < -0.4 is 25.4 Å². The standard InChI is InChI=1S/C24H34N8O2/c1-30(16-20-18-6-2-3-7-19(18)26-27-20)24(33)17-34-23-10-9-22(28-29-23)32-14-12-31(13-15-32)21-8-4-5-11-25-21/h4-5,8-11,18-20,26-27H,2-3,6-7,12-17H2,1H3. The zero-order valence-electron chi connectivity index (χ0n) is 19.8. The Hall–Kier alpha value is -2.98. The summed E-state index contributed by atoms with van der Waals surface area (Å²) in [5.74, 6) is 2.72. The number of piperazine rings is 1. The maximum atomic E-state index is 12.6. The number of likely N-dealkylation sites (N-methyl/N-ethyl adjacent to an activating group) is 1. The normalized spacial score (nSPS) is 24.6. The number of nitrogens with one attached hydrogen (secondary N) is 2. The first-order valence-electron chi connectivity index (χ1n) is 12.3. The highest BCUT2D eigenvalue weighted by atomic mass is 16.5. The average molecular weight is 467 g/mol.